The highest BCUT2D eigenvalue weighted by atomic mass is 16.4. The van der Waals surface area contributed by atoms with Crippen molar-refractivity contribution in [1.29, 1.82) is 0 Å². The van der Waals surface area contributed by atoms with Crippen LogP contribution in [0.1, 0.15) is 43.0 Å². The molecule has 2 rings (SSSR count). The van der Waals surface area contributed by atoms with Gasteiger partial charge in [-0.3, -0.25) is 4.99 Å². The standard InChI is InChI=1S/C12H19N3O/c1-8-9(2)16-11(15-8)7-14-12(13)10-5-3-4-6-10/h10H,3-7H2,1-2H3,(H2,13,14). The Labute approximate surface area is 96.0 Å². The first-order chi connectivity index (χ1) is 7.66. The largest absolute Gasteiger partial charge is 0.444 e. The van der Waals surface area contributed by atoms with Crippen LogP contribution < -0.4 is 5.73 Å². The molecule has 0 saturated heterocycles. The molecule has 16 heavy (non-hydrogen) atoms. The second-order valence-electron chi connectivity index (χ2n) is 4.47. The first kappa shape index (κ1) is 11.2. The third kappa shape index (κ3) is 2.43. The van der Waals surface area contributed by atoms with Crippen LogP contribution >= 0.6 is 0 Å². The average Bonchev–Trinajstić information content (AvgIpc) is 2.86. The number of rotatable bonds is 3. The molecule has 4 heteroatoms. The normalized spacial score (nSPS) is 18.2. The third-order valence-corrected chi connectivity index (χ3v) is 3.24. The van der Waals surface area contributed by atoms with Gasteiger partial charge in [-0.2, -0.15) is 0 Å². The molecule has 1 heterocycles. The van der Waals surface area contributed by atoms with E-state index in [-0.39, 0.29) is 0 Å². The zero-order chi connectivity index (χ0) is 11.5. The highest BCUT2D eigenvalue weighted by Crippen LogP contribution is 2.24. The van der Waals surface area contributed by atoms with E-state index in [0.717, 1.165) is 17.3 Å². The minimum atomic E-state index is 0.469. The Balaban J connectivity index is 1.97. The summed E-state index contributed by atoms with van der Waals surface area (Å²) in [5, 5.41) is 0. The smallest absolute Gasteiger partial charge is 0.216 e. The van der Waals surface area contributed by atoms with Crippen molar-refractivity contribution in [3.05, 3.63) is 17.3 Å². The molecule has 1 aliphatic carbocycles. The van der Waals surface area contributed by atoms with Crippen molar-refractivity contribution < 1.29 is 4.42 Å². The van der Waals surface area contributed by atoms with Crippen LogP contribution in [-0.4, -0.2) is 10.8 Å². The lowest BCUT2D eigenvalue weighted by molar-refractivity contribution is 0.472. The van der Waals surface area contributed by atoms with E-state index < -0.39 is 0 Å². The van der Waals surface area contributed by atoms with Crippen LogP contribution in [0.5, 0.6) is 0 Å². The minimum Gasteiger partial charge on any atom is -0.444 e. The molecule has 2 N–H and O–H groups in total. The van der Waals surface area contributed by atoms with Gasteiger partial charge < -0.3 is 10.2 Å². The summed E-state index contributed by atoms with van der Waals surface area (Å²) < 4.78 is 5.45. The van der Waals surface area contributed by atoms with E-state index in [0.29, 0.717) is 18.4 Å². The number of aliphatic imine (C=N–C) groups is 1. The Morgan fingerprint density at radius 1 is 1.44 bits per heavy atom. The molecule has 0 atom stereocenters. The topological polar surface area (TPSA) is 64.4 Å². The number of oxazole rings is 1. The Bertz CT molecular complexity index is 369. The first-order valence-electron chi connectivity index (χ1n) is 5.89. The fourth-order valence-electron chi connectivity index (χ4n) is 2.12. The molecular formula is C12H19N3O. The van der Waals surface area contributed by atoms with Crippen LogP contribution in [0.15, 0.2) is 9.41 Å². The number of aromatic nitrogens is 1. The molecule has 1 fully saturated rings. The number of hydrogen-bond donors (Lipinski definition) is 1. The molecule has 1 aromatic heterocycles. The number of hydrogen-bond acceptors (Lipinski definition) is 3. The summed E-state index contributed by atoms with van der Waals surface area (Å²) in [6, 6.07) is 0. The lowest BCUT2D eigenvalue weighted by Crippen LogP contribution is -2.21. The van der Waals surface area contributed by atoms with Gasteiger partial charge in [0.25, 0.3) is 0 Å². The Kier molecular flexibility index (Phi) is 3.27. The summed E-state index contributed by atoms with van der Waals surface area (Å²) in [6.45, 7) is 4.32. The molecular weight excluding hydrogens is 202 g/mol. The summed E-state index contributed by atoms with van der Waals surface area (Å²) in [7, 11) is 0. The average molecular weight is 221 g/mol. The lowest BCUT2D eigenvalue weighted by Gasteiger charge is -2.06. The van der Waals surface area contributed by atoms with E-state index in [1.165, 1.54) is 25.7 Å². The highest BCUT2D eigenvalue weighted by Gasteiger charge is 2.18. The Morgan fingerprint density at radius 2 is 2.12 bits per heavy atom. The van der Waals surface area contributed by atoms with Crippen LogP contribution in [-0.2, 0) is 6.54 Å². The lowest BCUT2D eigenvalue weighted by atomic mass is 10.1. The first-order valence-corrected chi connectivity index (χ1v) is 5.89. The molecule has 1 aliphatic rings. The van der Waals surface area contributed by atoms with Crippen LogP contribution in [0.25, 0.3) is 0 Å². The van der Waals surface area contributed by atoms with Gasteiger partial charge in [-0.1, -0.05) is 12.8 Å². The molecule has 1 saturated carbocycles. The Morgan fingerprint density at radius 3 is 2.69 bits per heavy atom. The summed E-state index contributed by atoms with van der Waals surface area (Å²) in [5.41, 5.74) is 6.89. The summed E-state index contributed by atoms with van der Waals surface area (Å²) in [6.07, 6.45) is 4.91. The van der Waals surface area contributed by atoms with Crippen molar-refractivity contribution >= 4 is 5.84 Å². The van der Waals surface area contributed by atoms with Gasteiger partial charge >= 0.3 is 0 Å². The maximum atomic E-state index is 5.95. The van der Waals surface area contributed by atoms with Gasteiger partial charge in [0.05, 0.1) is 11.5 Å². The predicted octanol–water partition coefficient (Wildman–Crippen LogP) is 2.34. The monoisotopic (exact) mass is 221 g/mol. The maximum Gasteiger partial charge on any atom is 0.216 e. The summed E-state index contributed by atoms with van der Waals surface area (Å²) in [4.78, 5) is 8.65. The van der Waals surface area contributed by atoms with Crippen molar-refractivity contribution in [2.75, 3.05) is 0 Å². The van der Waals surface area contributed by atoms with E-state index >= 15 is 0 Å². The second-order valence-corrected chi connectivity index (χ2v) is 4.47. The second kappa shape index (κ2) is 4.68. The third-order valence-electron chi connectivity index (χ3n) is 3.24. The van der Waals surface area contributed by atoms with Gasteiger partial charge in [-0.05, 0) is 26.7 Å². The zero-order valence-electron chi connectivity index (χ0n) is 9.99. The SMILES string of the molecule is Cc1nc(CN=C(N)C2CCCC2)oc1C. The number of aryl methyl sites for hydroxylation is 2. The summed E-state index contributed by atoms with van der Waals surface area (Å²) >= 11 is 0. The van der Waals surface area contributed by atoms with E-state index in [4.69, 9.17) is 10.2 Å². The van der Waals surface area contributed by atoms with Crippen molar-refractivity contribution in [3.8, 4) is 0 Å². The maximum absolute atomic E-state index is 5.95. The van der Waals surface area contributed by atoms with Crippen molar-refractivity contribution in [1.82, 2.24) is 4.98 Å². The van der Waals surface area contributed by atoms with Gasteiger partial charge in [0.15, 0.2) is 0 Å². The molecule has 0 unspecified atom stereocenters. The van der Waals surface area contributed by atoms with E-state index in [9.17, 15) is 0 Å². The fraction of sp³-hybridized carbons (Fsp3) is 0.667. The van der Waals surface area contributed by atoms with Crippen LogP contribution in [0.4, 0.5) is 0 Å². The molecule has 4 nitrogen and oxygen atoms in total. The molecule has 0 radical (unpaired) electrons. The molecule has 1 aromatic rings. The Hall–Kier alpha value is -1.32. The fourth-order valence-corrected chi connectivity index (χ4v) is 2.12. The molecule has 0 spiro atoms. The summed E-state index contributed by atoms with van der Waals surface area (Å²) in [5.74, 6) is 2.78. The number of nitrogens with zero attached hydrogens (tertiary/aromatic N) is 2. The molecule has 0 amide bonds. The van der Waals surface area contributed by atoms with Gasteiger partial charge in [0.1, 0.15) is 12.3 Å². The number of nitrogens with two attached hydrogens (primary N) is 1. The van der Waals surface area contributed by atoms with Gasteiger partial charge in [0.2, 0.25) is 5.89 Å². The number of amidine groups is 1. The molecule has 0 bridgehead atoms. The zero-order valence-corrected chi connectivity index (χ0v) is 9.99. The molecule has 0 aromatic carbocycles. The predicted molar refractivity (Wildman–Crippen MR) is 63.3 cm³/mol. The van der Waals surface area contributed by atoms with Gasteiger partial charge in [-0.25, -0.2) is 4.98 Å². The van der Waals surface area contributed by atoms with Gasteiger partial charge in [0, 0.05) is 5.92 Å². The van der Waals surface area contributed by atoms with E-state index in [1.54, 1.807) is 0 Å². The van der Waals surface area contributed by atoms with Crippen molar-refractivity contribution in [3.63, 3.8) is 0 Å². The minimum absolute atomic E-state index is 0.469. The van der Waals surface area contributed by atoms with E-state index in [2.05, 4.69) is 9.98 Å². The highest BCUT2D eigenvalue weighted by molar-refractivity contribution is 5.82. The van der Waals surface area contributed by atoms with Crippen molar-refractivity contribution in [2.24, 2.45) is 16.6 Å². The molecule has 0 aliphatic heterocycles. The van der Waals surface area contributed by atoms with Crippen molar-refractivity contribution in [2.45, 2.75) is 46.1 Å². The van der Waals surface area contributed by atoms with Crippen LogP contribution in [0.2, 0.25) is 0 Å². The quantitative estimate of drug-likeness (QED) is 0.629. The van der Waals surface area contributed by atoms with Crippen LogP contribution in [0, 0.1) is 19.8 Å². The molecule has 88 valence electrons. The van der Waals surface area contributed by atoms with Gasteiger partial charge in [-0.15, -0.1) is 0 Å². The van der Waals surface area contributed by atoms with Crippen LogP contribution in [0.3, 0.4) is 0 Å². The van der Waals surface area contributed by atoms with E-state index in [1.807, 2.05) is 13.8 Å².